The topological polar surface area (TPSA) is 58.2 Å². The van der Waals surface area contributed by atoms with Gasteiger partial charge in [0.05, 0.1) is 12.1 Å². The van der Waals surface area contributed by atoms with Crippen LogP contribution in [0.1, 0.15) is 47.5 Å². The van der Waals surface area contributed by atoms with Gasteiger partial charge in [-0.15, -0.1) is 0 Å². The van der Waals surface area contributed by atoms with Gasteiger partial charge in [-0.3, -0.25) is 9.59 Å². The van der Waals surface area contributed by atoms with Crippen LogP contribution in [0.15, 0.2) is 0 Å². The Balaban J connectivity index is 2.34. The lowest BCUT2D eigenvalue weighted by molar-refractivity contribution is -0.123. The molecule has 102 valence electrons. The summed E-state index contributed by atoms with van der Waals surface area (Å²) in [5.74, 6) is 0.422. The van der Waals surface area contributed by atoms with E-state index in [1.54, 1.807) is 13.8 Å². The number of hydrogen-bond acceptors (Lipinski definition) is 2. The molecule has 0 heterocycles. The van der Waals surface area contributed by atoms with E-state index in [4.69, 9.17) is 0 Å². The highest BCUT2D eigenvalue weighted by Gasteiger charge is 2.66. The second-order valence-electron chi connectivity index (χ2n) is 6.69. The van der Waals surface area contributed by atoms with Crippen LogP contribution in [0.4, 0.5) is 0 Å². The molecule has 2 saturated carbocycles. The molecule has 0 aliphatic heterocycles. The van der Waals surface area contributed by atoms with Crippen LogP contribution in [0.2, 0.25) is 0 Å². The van der Waals surface area contributed by atoms with Crippen molar-refractivity contribution < 1.29 is 9.59 Å². The van der Waals surface area contributed by atoms with Gasteiger partial charge in [0.1, 0.15) is 0 Å². The molecule has 0 spiro atoms. The molecule has 2 fully saturated rings. The van der Waals surface area contributed by atoms with E-state index in [2.05, 4.69) is 31.4 Å². The van der Waals surface area contributed by atoms with Crippen LogP contribution in [0, 0.1) is 16.7 Å². The van der Waals surface area contributed by atoms with Gasteiger partial charge >= 0.3 is 0 Å². The first-order chi connectivity index (χ1) is 8.20. The van der Waals surface area contributed by atoms with Gasteiger partial charge in [0, 0.05) is 13.8 Å². The number of fused-ring (bicyclic) bond motifs is 2. The lowest BCUT2D eigenvalue weighted by atomic mass is 9.69. The summed E-state index contributed by atoms with van der Waals surface area (Å²) in [5, 5.41) is 6.13. The second-order valence-corrected chi connectivity index (χ2v) is 6.69. The fourth-order valence-electron chi connectivity index (χ4n) is 4.26. The lowest BCUT2D eigenvalue weighted by Gasteiger charge is -2.40. The zero-order valence-corrected chi connectivity index (χ0v) is 12.0. The number of carbonyl (C=O) groups is 2. The van der Waals surface area contributed by atoms with Crippen molar-refractivity contribution in [1.29, 1.82) is 0 Å². The zero-order valence-electron chi connectivity index (χ0n) is 12.0. The van der Waals surface area contributed by atoms with Gasteiger partial charge in [0.2, 0.25) is 11.8 Å². The van der Waals surface area contributed by atoms with Crippen LogP contribution in [0.3, 0.4) is 0 Å². The lowest BCUT2D eigenvalue weighted by Crippen LogP contribution is -2.56. The first-order valence-corrected chi connectivity index (χ1v) is 6.74. The maximum Gasteiger partial charge on any atom is 0.217 e. The average molecular weight is 252 g/mol. The van der Waals surface area contributed by atoms with Crippen LogP contribution in [0.5, 0.6) is 0 Å². The van der Waals surface area contributed by atoms with Gasteiger partial charge in [-0.2, -0.15) is 0 Å². The summed E-state index contributed by atoms with van der Waals surface area (Å²) in [6.45, 7) is 9.87. The highest BCUT2D eigenvalue weighted by Crippen LogP contribution is 2.65. The van der Waals surface area contributed by atoms with Crippen molar-refractivity contribution in [3.8, 4) is 0 Å². The van der Waals surface area contributed by atoms with Crippen LogP contribution in [0.25, 0.3) is 0 Å². The molecule has 0 saturated heterocycles. The van der Waals surface area contributed by atoms with E-state index in [9.17, 15) is 9.59 Å². The number of hydrogen-bond donors (Lipinski definition) is 2. The van der Waals surface area contributed by atoms with Gasteiger partial charge in [-0.25, -0.2) is 0 Å². The van der Waals surface area contributed by atoms with E-state index < -0.39 is 0 Å². The Morgan fingerprint density at radius 1 is 1.06 bits per heavy atom. The first kappa shape index (κ1) is 13.4. The SMILES string of the molecule is CC(=O)N[C@H]1[C@H]2CC[C@@](C)([C@@H]1NC(C)=O)C2(C)C. The Bertz CT molecular complexity index is 391. The molecular formula is C14H24N2O2. The molecule has 0 aromatic carbocycles. The third-order valence-electron chi connectivity index (χ3n) is 5.58. The van der Waals surface area contributed by atoms with Crippen LogP contribution < -0.4 is 10.6 Å². The molecule has 18 heavy (non-hydrogen) atoms. The van der Waals surface area contributed by atoms with Gasteiger partial charge in [0.25, 0.3) is 0 Å². The number of carbonyl (C=O) groups excluding carboxylic acids is 2. The van der Waals surface area contributed by atoms with Gasteiger partial charge < -0.3 is 10.6 Å². The summed E-state index contributed by atoms with van der Waals surface area (Å²) in [5.41, 5.74) is 0.212. The molecule has 2 amide bonds. The number of nitrogens with one attached hydrogen (secondary N) is 2. The predicted molar refractivity (Wildman–Crippen MR) is 69.8 cm³/mol. The molecule has 2 aliphatic rings. The molecule has 2 rings (SSSR count). The van der Waals surface area contributed by atoms with Crippen molar-refractivity contribution >= 4 is 11.8 Å². The zero-order chi connectivity index (χ0) is 13.7. The molecule has 4 heteroatoms. The minimum Gasteiger partial charge on any atom is -0.351 e. The molecule has 0 radical (unpaired) electrons. The van der Waals surface area contributed by atoms with Crippen LogP contribution in [-0.2, 0) is 9.59 Å². The smallest absolute Gasteiger partial charge is 0.217 e. The van der Waals surface area contributed by atoms with Gasteiger partial charge in [0.15, 0.2) is 0 Å². The van der Waals surface area contributed by atoms with E-state index >= 15 is 0 Å². The molecular weight excluding hydrogens is 228 g/mol. The highest BCUT2D eigenvalue weighted by molar-refractivity contribution is 5.75. The van der Waals surface area contributed by atoms with E-state index in [0.717, 1.165) is 12.8 Å². The second kappa shape index (κ2) is 3.97. The maximum absolute atomic E-state index is 11.4. The van der Waals surface area contributed by atoms with Crippen molar-refractivity contribution in [1.82, 2.24) is 10.6 Å². The summed E-state index contributed by atoms with van der Waals surface area (Å²) in [4.78, 5) is 22.8. The highest BCUT2D eigenvalue weighted by atomic mass is 16.2. The van der Waals surface area contributed by atoms with Gasteiger partial charge in [-0.1, -0.05) is 20.8 Å². The van der Waals surface area contributed by atoms with Crippen molar-refractivity contribution in [2.45, 2.75) is 59.5 Å². The molecule has 4 atom stereocenters. The fourth-order valence-corrected chi connectivity index (χ4v) is 4.26. The standard InChI is InChI=1S/C14H24N2O2/c1-8(17)15-11-10-6-7-14(5,13(10,3)4)12(11)16-9(2)18/h10-12H,6-7H2,1-5H3,(H,15,17)(H,16,18)/t10-,11+,12-,14+/m1/s1. The van der Waals surface area contributed by atoms with Crippen LogP contribution in [-0.4, -0.2) is 23.9 Å². The Morgan fingerprint density at radius 2 is 1.61 bits per heavy atom. The molecule has 0 unspecified atom stereocenters. The molecule has 0 aromatic heterocycles. The maximum atomic E-state index is 11.4. The van der Waals surface area contributed by atoms with E-state index in [1.165, 1.54) is 0 Å². The summed E-state index contributed by atoms with van der Waals surface area (Å²) in [6.07, 6.45) is 2.25. The van der Waals surface area contributed by atoms with E-state index in [1.807, 2.05) is 0 Å². The van der Waals surface area contributed by atoms with Crippen LogP contribution >= 0.6 is 0 Å². The monoisotopic (exact) mass is 252 g/mol. The molecule has 2 aliphatic carbocycles. The Labute approximate surface area is 109 Å². The van der Waals surface area contributed by atoms with Crippen molar-refractivity contribution in [3.63, 3.8) is 0 Å². The van der Waals surface area contributed by atoms with Crippen molar-refractivity contribution in [2.75, 3.05) is 0 Å². The predicted octanol–water partition coefficient (Wildman–Crippen LogP) is 1.45. The fraction of sp³-hybridized carbons (Fsp3) is 0.857. The number of amides is 2. The normalized spacial score (nSPS) is 40.6. The van der Waals surface area contributed by atoms with E-state index in [0.29, 0.717) is 5.92 Å². The quantitative estimate of drug-likeness (QED) is 0.781. The third-order valence-corrected chi connectivity index (χ3v) is 5.58. The minimum atomic E-state index is -0.0140. The minimum absolute atomic E-state index is 0.0118. The Morgan fingerprint density at radius 3 is 2.11 bits per heavy atom. The third kappa shape index (κ3) is 1.65. The molecule has 4 nitrogen and oxygen atoms in total. The van der Waals surface area contributed by atoms with Crippen molar-refractivity contribution in [3.05, 3.63) is 0 Å². The molecule has 2 bridgehead atoms. The van der Waals surface area contributed by atoms with Gasteiger partial charge in [-0.05, 0) is 29.6 Å². The summed E-state index contributed by atoms with van der Waals surface area (Å²) >= 11 is 0. The first-order valence-electron chi connectivity index (χ1n) is 6.74. The Hall–Kier alpha value is -1.06. The average Bonchev–Trinajstić information content (AvgIpc) is 2.50. The largest absolute Gasteiger partial charge is 0.351 e. The summed E-state index contributed by atoms with van der Waals surface area (Å²) in [7, 11) is 0. The molecule has 2 N–H and O–H groups in total. The van der Waals surface area contributed by atoms with Crippen molar-refractivity contribution in [2.24, 2.45) is 16.7 Å². The summed E-state index contributed by atoms with van der Waals surface area (Å²) in [6, 6.07) is 0.118. The summed E-state index contributed by atoms with van der Waals surface area (Å²) < 4.78 is 0. The number of rotatable bonds is 2. The molecule has 0 aromatic rings. The Kier molecular flexibility index (Phi) is 2.95. The van der Waals surface area contributed by atoms with E-state index in [-0.39, 0.29) is 34.7 Å².